The Morgan fingerprint density at radius 3 is 2.44 bits per heavy atom. The lowest BCUT2D eigenvalue weighted by Gasteiger charge is -1.96. The number of rotatable bonds is 3. The number of hydrogen-bond acceptors (Lipinski definition) is 1. The van der Waals surface area contributed by atoms with Crippen molar-refractivity contribution in [2.75, 3.05) is 0 Å². The van der Waals surface area contributed by atoms with Crippen molar-refractivity contribution in [3.63, 3.8) is 0 Å². The van der Waals surface area contributed by atoms with E-state index in [4.69, 9.17) is 23.2 Å². The van der Waals surface area contributed by atoms with Crippen LogP contribution in [0.15, 0.2) is 59.6 Å². The quantitative estimate of drug-likeness (QED) is 0.665. The number of hydrogen-bond donors (Lipinski definition) is 0. The summed E-state index contributed by atoms with van der Waals surface area (Å²) in [4.78, 5) is 4.26. The predicted molar refractivity (Wildman–Crippen MR) is 80.1 cm³/mol. The van der Waals surface area contributed by atoms with Crippen molar-refractivity contribution in [3.8, 4) is 0 Å². The molecule has 18 heavy (non-hydrogen) atoms. The maximum Gasteiger partial charge on any atom is 0.0816 e. The fraction of sp³-hybridized carbons (Fsp3) is 0. The number of aliphatic imine (C=N–C) groups is 1. The number of nitrogens with zero attached hydrogens (tertiary/aromatic N) is 1. The summed E-state index contributed by atoms with van der Waals surface area (Å²) >= 11 is 11.8. The van der Waals surface area contributed by atoms with E-state index in [-0.39, 0.29) is 0 Å². The molecule has 0 spiro atoms. The summed E-state index contributed by atoms with van der Waals surface area (Å²) in [5.74, 6) is 0. The molecule has 3 heteroatoms. The van der Waals surface area contributed by atoms with Gasteiger partial charge in [0.25, 0.3) is 0 Å². The molecule has 0 bridgehead atoms. The lowest BCUT2D eigenvalue weighted by Crippen LogP contribution is -1.72. The average Bonchev–Trinajstić information content (AvgIpc) is 2.38. The topological polar surface area (TPSA) is 12.4 Å². The highest BCUT2D eigenvalue weighted by Gasteiger charge is 1.97. The molecule has 0 aromatic heterocycles. The first kappa shape index (κ1) is 12.9. The van der Waals surface area contributed by atoms with Crippen LogP contribution >= 0.6 is 23.2 Å². The molecule has 2 aromatic rings. The highest BCUT2D eigenvalue weighted by atomic mass is 35.5. The zero-order valence-corrected chi connectivity index (χ0v) is 11.1. The van der Waals surface area contributed by atoms with Crippen LogP contribution < -0.4 is 0 Å². The Kier molecular flexibility index (Phi) is 4.57. The molecule has 90 valence electrons. The standard InChI is InChI=1S/C15H11Cl2N/c16-13-8-9-15(14(17)11-13)18-10-4-7-12-5-2-1-3-6-12/h1-11H. The van der Waals surface area contributed by atoms with E-state index >= 15 is 0 Å². The van der Waals surface area contributed by atoms with Gasteiger partial charge in [0.05, 0.1) is 10.7 Å². The maximum atomic E-state index is 6.00. The van der Waals surface area contributed by atoms with Crippen molar-refractivity contribution < 1.29 is 0 Å². The third-order valence-electron chi connectivity index (χ3n) is 2.30. The molecule has 0 aliphatic heterocycles. The van der Waals surface area contributed by atoms with Gasteiger partial charge in [-0.1, -0.05) is 59.6 Å². The molecule has 0 unspecified atom stereocenters. The van der Waals surface area contributed by atoms with E-state index in [9.17, 15) is 0 Å². The first-order chi connectivity index (χ1) is 8.75. The van der Waals surface area contributed by atoms with Crippen molar-refractivity contribution >= 4 is 41.2 Å². The van der Waals surface area contributed by atoms with E-state index in [0.717, 1.165) is 5.56 Å². The summed E-state index contributed by atoms with van der Waals surface area (Å²) in [6, 6.07) is 15.3. The van der Waals surface area contributed by atoms with Crippen LogP contribution in [0.5, 0.6) is 0 Å². The van der Waals surface area contributed by atoms with Gasteiger partial charge in [0.15, 0.2) is 0 Å². The van der Waals surface area contributed by atoms with Gasteiger partial charge in [-0.25, -0.2) is 0 Å². The number of allylic oxidation sites excluding steroid dienone is 1. The van der Waals surface area contributed by atoms with Crippen molar-refractivity contribution in [3.05, 3.63) is 70.2 Å². The molecule has 0 fully saturated rings. The van der Waals surface area contributed by atoms with Gasteiger partial charge in [0, 0.05) is 11.2 Å². The summed E-state index contributed by atoms with van der Waals surface area (Å²) in [7, 11) is 0. The van der Waals surface area contributed by atoms with Crippen LogP contribution in [-0.4, -0.2) is 6.21 Å². The van der Waals surface area contributed by atoms with Gasteiger partial charge in [0.1, 0.15) is 0 Å². The van der Waals surface area contributed by atoms with Crippen molar-refractivity contribution in [2.45, 2.75) is 0 Å². The highest BCUT2D eigenvalue weighted by Crippen LogP contribution is 2.27. The van der Waals surface area contributed by atoms with Gasteiger partial charge in [-0.15, -0.1) is 0 Å². The van der Waals surface area contributed by atoms with Gasteiger partial charge in [-0.3, -0.25) is 4.99 Å². The Morgan fingerprint density at radius 1 is 0.944 bits per heavy atom. The lowest BCUT2D eigenvalue weighted by atomic mass is 10.2. The first-order valence-electron chi connectivity index (χ1n) is 5.46. The lowest BCUT2D eigenvalue weighted by molar-refractivity contribution is 1.54. The Balaban J connectivity index is 2.06. The van der Waals surface area contributed by atoms with E-state index in [1.807, 2.05) is 42.5 Å². The van der Waals surface area contributed by atoms with Gasteiger partial charge < -0.3 is 0 Å². The minimum Gasteiger partial charge on any atom is -0.255 e. The van der Waals surface area contributed by atoms with Crippen LogP contribution in [-0.2, 0) is 0 Å². The molecule has 2 rings (SSSR count). The second kappa shape index (κ2) is 6.39. The molecular formula is C15H11Cl2N. The van der Waals surface area contributed by atoms with Gasteiger partial charge in [0.2, 0.25) is 0 Å². The van der Waals surface area contributed by atoms with Crippen LogP contribution in [0.25, 0.3) is 6.08 Å². The highest BCUT2D eigenvalue weighted by molar-refractivity contribution is 6.36. The van der Waals surface area contributed by atoms with E-state index in [1.54, 1.807) is 24.4 Å². The number of benzene rings is 2. The SMILES string of the molecule is Clc1ccc(N=CC=Cc2ccccc2)c(Cl)c1. The fourth-order valence-corrected chi connectivity index (χ4v) is 1.88. The summed E-state index contributed by atoms with van der Waals surface area (Å²) in [6.45, 7) is 0. The monoisotopic (exact) mass is 275 g/mol. The molecular weight excluding hydrogens is 265 g/mol. The molecule has 0 heterocycles. The van der Waals surface area contributed by atoms with Crippen molar-refractivity contribution in [1.82, 2.24) is 0 Å². The Labute approximate surface area is 116 Å². The van der Waals surface area contributed by atoms with E-state index in [0.29, 0.717) is 15.7 Å². The Morgan fingerprint density at radius 2 is 1.72 bits per heavy atom. The molecule has 0 amide bonds. The second-order valence-corrected chi connectivity index (χ2v) is 4.49. The summed E-state index contributed by atoms with van der Waals surface area (Å²) < 4.78 is 0. The Hall–Kier alpha value is -1.57. The zero-order chi connectivity index (χ0) is 12.8. The smallest absolute Gasteiger partial charge is 0.0816 e. The van der Waals surface area contributed by atoms with Gasteiger partial charge in [-0.05, 0) is 29.8 Å². The van der Waals surface area contributed by atoms with Crippen LogP contribution in [0.3, 0.4) is 0 Å². The first-order valence-corrected chi connectivity index (χ1v) is 6.22. The summed E-state index contributed by atoms with van der Waals surface area (Å²) in [6.07, 6.45) is 5.57. The fourth-order valence-electron chi connectivity index (χ4n) is 1.43. The van der Waals surface area contributed by atoms with Gasteiger partial charge in [-0.2, -0.15) is 0 Å². The molecule has 0 radical (unpaired) electrons. The minimum atomic E-state index is 0.548. The normalized spacial score (nSPS) is 11.4. The molecule has 0 saturated heterocycles. The van der Waals surface area contributed by atoms with E-state index < -0.39 is 0 Å². The number of halogens is 2. The Bertz CT molecular complexity index is 574. The molecule has 2 aromatic carbocycles. The zero-order valence-electron chi connectivity index (χ0n) is 9.55. The molecule has 0 saturated carbocycles. The average molecular weight is 276 g/mol. The van der Waals surface area contributed by atoms with Crippen LogP contribution in [0.2, 0.25) is 10.0 Å². The van der Waals surface area contributed by atoms with Crippen LogP contribution in [0.1, 0.15) is 5.56 Å². The molecule has 0 atom stereocenters. The van der Waals surface area contributed by atoms with Gasteiger partial charge >= 0.3 is 0 Å². The third-order valence-corrected chi connectivity index (χ3v) is 2.84. The third kappa shape index (κ3) is 3.73. The molecule has 0 aliphatic rings. The minimum absolute atomic E-state index is 0.548. The van der Waals surface area contributed by atoms with Crippen LogP contribution in [0.4, 0.5) is 5.69 Å². The molecule has 0 aliphatic carbocycles. The van der Waals surface area contributed by atoms with E-state index in [1.165, 1.54) is 0 Å². The summed E-state index contributed by atoms with van der Waals surface area (Å²) in [5.41, 5.74) is 1.84. The largest absolute Gasteiger partial charge is 0.255 e. The van der Waals surface area contributed by atoms with E-state index in [2.05, 4.69) is 4.99 Å². The predicted octanol–water partition coefficient (Wildman–Crippen LogP) is 5.41. The second-order valence-electron chi connectivity index (χ2n) is 3.64. The summed E-state index contributed by atoms with van der Waals surface area (Å²) in [5, 5.41) is 1.16. The van der Waals surface area contributed by atoms with Crippen molar-refractivity contribution in [2.24, 2.45) is 4.99 Å². The maximum absolute atomic E-state index is 6.00. The molecule has 0 N–H and O–H groups in total. The van der Waals surface area contributed by atoms with Crippen molar-refractivity contribution in [1.29, 1.82) is 0 Å². The van der Waals surface area contributed by atoms with Crippen LogP contribution in [0, 0.1) is 0 Å². The molecule has 1 nitrogen and oxygen atoms in total.